The average Bonchev–Trinajstić information content (AvgIpc) is 3.68. The largest absolute Gasteiger partial charge is 0.616 e. The molecule has 1 aromatic heterocycles. The lowest BCUT2D eigenvalue weighted by atomic mass is 9.85. The number of nitrogens with zero attached hydrogens (tertiary/aromatic N) is 1. The number of carbonyl (C=O) groups excluding carboxylic acids is 3. The molecule has 5 rings (SSSR count). The van der Waals surface area contributed by atoms with Crippen molar-refractivity contribution >= 4 is 45.2 Å². The van der Waals surface area contributed by atoms with Crippen molar-refractivity contribution in [3.8, 4) is 0 Å². The second kappa shape index (κ2) is 8.75. The Morgan fingerprint density at radius 3 is 2.48 bits per heavy atom. The maximum atomic E-state index is 13.1. The predicted octanol–water partition coefficient (Wildman–Crippen LogP) is 1.93. The van der Waals surface area contributed by atoms with Gasteiger partial charge in [0.2, 0.25) is 11.8 Å². The summed E-state index contributed by atoms with van der Waals surface area (Å²) in [6.45, 7) is 1.78. The third-order valence-corrected chi connectivity index (χ3v) is 9.24. The molecule has 1 unspecified atom stereocenters. The zero-order valence-electron chi connectivity index (χ0n) is 17.6. The fourth-order valence-electron chi connectivity index (χ4n) is 4.45. The van der Waals surface area contributed by atoms with E-state index in [9.17, 15) is 18.9 Å². The van der Waals surface area contributed by atoms with Gasteiger partial charge in [-0.15, -0.1) is 11.3 Å². The molecule has 1 aliphatic heterocycles. The van der Waals surface area contributed by atoms with Crippen molar-refractivity contribution in [1.29, 1.82) is 0 Å². The van der Waals surface area contributed by atoms with E-state index in [1.54, 1.807) is 0 Å². The van der Waals surface area contributed by atoms with Gasteiger partial charge in [-0.05, 0) is 56.4 Å². The summed E-state index contributed by atoms with van der Waals surface area (Å²) in [5, 5.41) is 6.72. The molecule has 31 heavy (non-hydrogen) atoms. The van der Waals surface area contributed by atoms with Crippen molar-refractivity contribution in [2.45, 2.75) is 44.9 Å². The van der Waals surface area contributed by atoms with Gasteiger partial charge in [0.15, 0.2) is 0 Å². The van der Waals surface area contributed by atoms with Crippen LogP contribution in [-0.4, -0.2) is 58.3 Å². The molecule has 0 bridgehead atoms. The summed E-state index contributed by atoms with van der Waals surface area (Å²) in [4.78, 5) is 41.6. The van der Waals surface area contributed by atoms with Gasteiger partial charge in [0.25, 0.3) is 5.91 Å². The first-order valence-electron chi connectivity index (χ1n) is 11.4. The number of amides is 3. The molecule has 0 spiro atoms. The van der Waals surface area contributed by atoms with E-state index in [2.05, 4.69) is 10.6 Å². The summed E-state index contributed by atoms with van der Waals surface area (Å²) in [6.07, 6.45) is 6.18. The SMILES string of the molecule is O=C(NCC1CC1)c1c(NC(=O)C2CC2)sc2c1CC(C(=O)N1CC[S+]([O-])CC1)CC2. The van der Waals surface area contributed by atoms with Crippen molar-refractivity contribution in [1.82, 2.24) is 10.2 Å². The van der Waals surface area contributed by atoms with Crippen molar-refractivity contribution in [3.05, 3.63) is 16.0 Å². The summed E-state index contributed by atoms with van der Waals surface area (Å²) < 4.78 is 11.6. The van der Waals surface area contributed by atoms with Gasteiger partial charge in [0.1, 0.15) is 16.5 Å². The third-order valence-electron chi connectivity index (χ3n) is 6.76. The first-order valence-corrected chi connectivity index (χ1v) is 13.7. The lowest BCUT2D eigenvalue weighted by Crippen LogP contribution is -2.47. The quantitative estimate of drug-likeness (QED) is 0.630. The molecule has 9 heteroatoms. The van der Waals surface area contributed by atoms with Crippen LogP contribution in [0.25, 0.3) is 0 Å². The minimum Gasteiger partial charge on any atom is -0.616 e. The number of hydrogen-bond acceptors (Lipinski definition) is 5. The molecule has 1 aromatic rings. The molecule has 168 valence electrons. The summed E-state index contributed by atoms with van der Waals surface area (Å²) >= 11 is 0.689. The first-order chi connectivity index (χ1) is 15.0. The summed E-state index contributed by atoms with van der Waals surface area (Å²) in [6, 6.07) is 0. The number of hydrogen-bond donors (Lipinski definition) is 2. The highest BCUT2D eigenvalue weighted by atomic mass is 32.2. The molecule has 2 saturated carbocycles. The highest BCUT2D eigenvalue weighted by Crippen LogP contribution is 2.41. The Labute approximate surface area is 189 Å². The average molecular weight is 464 g/mol. The van der Waals surface area contributed by atoms with Crippen molar-refractivity contribution in [2.24, 2.45) is 17.8 Å². The Balaban J connectivity index is 1.35. The second-order valence-electron chi connectivity index (χ2n) is 9.24. The standard InChI is InChI=1S/C22H29N3O4S2/c26-19(14-3-4-14)24-21-18(20(27)23-12-13-1-2-13)16-11-15(5-6-17(16)30-21)22(28)25-7-9-31(29)10-8-25/h13-15H,1-12H2,(H,23,27)(H,24,26). The van der Waals surface area contributed by atoms with Crippen LogP contribution in [0.4, 0.5) is 5.00 Å². The van der Waals surface area contributed by atoms with Gasteiger partial charge in [-0.1, -0.05) is 11.2 Å². The van der Waals surface area contributed by atoms with Crippen molar-refractivity contribution < 1.29 is 18.9 Å². The molecule has 3 amide bonds. The van der Waals surface area contributed by atoms with E-state index in [0.717, 1.165) is 49.0 Å². The molecular formula is C22H29N3O4S2. The van der Waals surface area contributed by atoms with Gasteiger partial charge in [0, 0.05) is 23.3 Å². The van der Waals surface area contributed by atoms with Crippen LogP contribution < -0.4 is 10.6 Å². The number of nitrogens with one attached hydrogen (secondary N) is 2. The van der Waals surface area contributed by atoms with Gasteiger partial charge in [-0.2, -0.15) is 0 Å². The molecule has 1 saturated heterocycles. The van der Waals surface area contributed by atoms with Crippen LogP contribution in [-0.2, 0) is 33.6 Å². The Hall–Kier alpha value is -1.58. The van der Waals surface area contributed by atoms with Crippen LogP contribution in [0.5, 0.6) is 0 Å². The molecule has 2 N–H and O–H groups in total. The normalized spacial score (nSPS) is 23.9. The zero-order valence-corrected chi connectivity index (χ0v) is 19.2. The maximum Gasteiger partial charge on any atom is 0.254 e. The van der Waals surface area contributed by atoms with E-state index in [0.29, 0.717) is 54.0 Å². The highest BCUT2D eigenvalue weighted by Gasteiger charge is 2.37. The number of fused-ring (bicyclic) bond motifs is 1. The maximum absolute atomic E-state index is 13.1. The van der Waals surface area contributed by atoms with Crippen LogP contribution in [0.3, 0.4) is 0 Å². The van der Waals surface area contributed by atoms with Crippen LogP contribution in [0.15, 0.2) is 0 Å². The molecule has 2 heterocycles. The molecule has 7 nitrogen and oxygen atoms in total. The fraction of sp³-hybridized carbons (Fsp3) is 0.682. The van der Waals surface area contributed by atoms with Gasteiger partial charge in [-0.25, -0.2) is 0 Å². The predicted molar refractivity (Wildman–Crippen MR) is 121 cm³/mol. The second-order valence-corrected chi connectivity index (χ2v) is 12.0. The van der Waals surface area contributed by atoms with E-state index >= 15 is 0 Å². The first kappa shape index (κ1) is 21.3. The summed E-state index contributed by atoms with van der Waals surface area (Å²) in [5.74, 6) is 1.57. The van der Waals surface area contributed by atoms with Crippen LogP contribution in [0.2, 0.25) is 0 Å². The summed E-state index contributed by atoms with van der Waals surface area (Å²) in [5.41, 5.74) is 1.52. The minimum absolute atomic E-state index is 0.00350. The molecule has 0 aromatic carbocycles. The third kappa shape index (κ3) is 4.78. The molecule has 4 aliphatic rings. The smallest absolute Gasteiger partial charge is 0.254 e. The van der Waals surface area contributed by atoms with E-state index in [4.69, 9.17) is 0 Å². The van der Waals surface area contributed by atoms with Crippen LogP contribution in [0, 0.1) is 17.8 Å². The molecule has 0 radical (unpaired) electrons. The molecule has 3 aliphatic carbocycles. The van der Waals surface area contributed by atoms with Crippen molar-refractivity contribution in [3.63, 3.8) is 0 Å². The Morgan fingerprint density at radius 1 is 1.06 bits per heavy atom. The monoisotopic (exact) mass is 463 g/mol. The number of rotatable bonds is 6. The number of thiophene rings is 1. The van der Waals surface area contributed by atoms with Gasteiger partial charge in [0.05, 0.1) is 18.7 Å². The van der Waals surface area contributed by atoms with Crippen molar-refractivity contribution in [2.75, 3.05) is 36.5 Å². The van der Waals surface area contributed by atoms with Crippen LogP contribution in [0.1, 0.15) is 52.9 Å². The fourth-order valence-corrected chi connectivity index (χ4v) is 6.74. The van der Waals surface area contributed by atoms with Crippen LogP contribution >= 0.6 is 11.3 Å². The minimum atomic E-state index is -0.816. The Kier molecular flexibility index (Phi) is 6.00. The van der Waals surface area contributed by atoms with Gasteiger partial charge in [-0.3, -0.25) is 14.4 Å². The highest BCUT2D eigenvalue weighted by molar-refractivity contribution is 7.91. The van der Waals surface area contributed by atoms with E-state index in [1.807, 2.05) is 4.90 Å². The number of carbonyl (C=O) groups is 3. The molecular weight excluding hydrogens is 434 g/mol. The lowest BCUT2D eigenvalue weighted by Gasteiger charge is -2.32. The van der Waals surface area contributed by atoms with E-state index < -0.39 is 11.2 Å². The van der Waals surface area contributed by atoms with E-state index in [1.165, 1.54) is 11.3 Å². The number of anilines is 1. The Morgan fingerprint density at radius 2 is 1.81 bits per heavy atom. The zero-order chi connectivity index (χ0) is 21.5. The topological polar surface area (TPSA) is 102 Å². The Bertz CT molecular complexity index is 886. The van der Waals surface area contributed by atoms with Gasteiger partial charge < -0.3 is 20.1 Å². The lowest BCUT2D eigenvalue weighted by molar-refractivity contribution is -0.135. The van der Waals surface area contributed by atoms with E-state index in [-0.39, 0.29) is 29.6 Å². The summed E-state index contributed by atoms with van der Waals surface area (Å²) in [7, 11) is 0. The molecule has 1 atom stereocenters. The molecule has 3 fully saturated rings. The van der Waals surface area contributed by atoms with Gasteiger partial charge >= 0.3 is 0 Å². The number of aryl methyl sites for hydroxylation is 1.